The average Bonchev–Trinajstić information content (AvgIpc) is 2.38. The highest BCUT2D eigenvalue weighted by molar-refractivity contribution is 6.36. The maximum Gasteiger partial charge on any atom is 0.257 e. The number of amides is 1. The third kappa shape index (κ3) is 2.70. The maximum absolute atomic E-state index is 13.4. The molecule has 104 valence electrons. The van der Waals surface area contributed by atoms with Crippen LogP contribution in [0.15, 0.2) is 30.3 Å². The number of hydrogen-bond acceptors (Lipinski definition) is 2. The quantitative estimate of drug-likeness (QED) is 0.658. The van der Waals surface area contributed by atoms with Crippen LogP contribution in [-0.2, 0) is 0 Å². The Kier molecular flexibility index (Phi) is 3.85. The third-order valence-electron chi connectivity index (χ3n) is 2.51. The van der Waals surface area contributed by atoms with Gasteiger partial charge in [0.2, 0.25) is 0 Å². The number of carbonyl (C=O) groups is 1. The lowest BCUT2D eigenvalue weighted by Gasteiger charge is -2.09. The van der Waals surface area contributed by atoms with E-state index in [9.17, 15) is 18.0 Å². The zero-order valence-corrected chi connectivity index (χ0v) is 10.6. The lowest BCUT2D eigenvalue weighted by molar-refractivity contribution is 0.102. The van der Waals surface area contributed by atoms with Crippen molar-refractivity contribution in [3.05, 3.63) is 58.4 Å². The molecule has 0 aliphatic carbocycles. The van der Waals surface area contributed by atoms with Crippen LogP contribution in [0, 0.1) is 17.5 Å². The van der Waals surface area contributed by atoms with E-state index >= 15 is 0 Å². The Morgan fingerprint density at radius 3 is 2.60 bits per heavy atom. The van der Waals surface area contributed by atoms with Crippen molar-refractivity contribution in [1.82, 2.24) is 0 Å². The second-order valence-corrected chi connectivity index (χ2v) is 4.29. The highest BCUT2D eigenvalue weighted by Crippen LogP contribution is 2.25. The lowest BCUT2D eigenvalue weighted by atomic mass is 10.1. The fourth-order valence-electron chi connectivity index (χ4n) is 1.56. The number of nitrogens with two attached hydrogens (primary N) is 1. The van der Waals surface area contributed by atoms with Crippen molar-refractivity contribution in [2.24, 2.45) is 0 Å². The van der Waals surface area contributed by atoms with Crippen molar-refractivity contribution in [3.8, 4) is 0 Å². The van der Waals surface area contributed by atoms with E-state index in [-0.39, 0.29) is 16.3 Å². The molecule has 0 heterocycles. The number of rotatable bonds is 2. The highest BCUT2D eigenvalue weighted by Gasteiger charge is 2.17. The van der Waals surface area contributed by atoms with Crippen LogP contribution in [0.4, 0.5) is 24.5 Å². The van der Waals surface area contributed by atoms with Gasteiger partial charge in [-0.2, -0.15) is 0 Å². The minimum absolute atomic E-state index is 0.0257. The van der Waals surface area contributed by atoms with Crippen molar-refractivity contribution in [3.63, 3.8) is 0 Å². The second kappa shape index (κ2) is 5.42. The molecule has 0 saturated heterocycles. The van der Waals surface area contributed by atoms with E-state index in [1.54, 1.807) is 0 Å². The minimum Gasteiger partial charge on any atom is -0.398 e. The molecule has 0 unspecified atom stereocenters. The molecule has 0 radical (unpaired) electrons. The van der Waals surface area contributed by atoms with Gasteiger partial charge in [-0.3, -0.25) is 4.79 Å². The molecule has 3 nitrogen and oxygen atoms in total. The molecule has 0 saturated carbocycles. The predicted octanol–water partition coefficient (Wildman–Crippen LogP) is 3.59. The van der Waals surface area contributed by atoms with Crippen molar-refractivity contribution in [2.75, 3.05) is 11.1 Å². The van der Waals surface area contributed by atoms with Crippen LogP contribution in [0.3, 0.4) is 0 Å². The molecule has 7 heteroatoms. The van der Waals surface area contributed by atoms with Crippen LogP contribution in [0.1, 0.15) is 10.4 Å². The molecule has 2 aromatic rings. The van der Waals surface area contributed by atoms with Crippen LogP contribution in [0.2, 0.25) is 5.02 Å². The van der Waals surface area contributed by atoms with E-state index in [0.29, 0.717) is 12.1 Å². The number of carbonyl (C=O) groups excluding carboxylic acids is 1. The number of nitrogen functional groups attached to an aromatic ring is 1. The Hall–Kier alpha value is -2.21. The van der Waals surface area contributed by atoms with Gasteiger partial charge in [0.05, 0.1) is 22.0 Å². The standard InChI is InChI=1S/C13H8ClF3N2O/c14-11-7(2-1-3-9(11)18)13(20)19-10-5-6(15)4-8(16)12(10)17/h1-5H,18H2,(H,19,20). The molecule has 20 heavy (non-hydrogen) atoms. The Morgan fingerprint density at radius 2 is 1.90 bits per heavy atom. The van der Waals surface area contributed by atoms with Crippen LogP contribution in [-0.4, -0.2) is 5.91 Å². The van der Waals surface area contributed by atoms with Gasteiger partial charge in [0.1, 0.15) is 5.82 Å². The summed E-state index contributed by atoms with van der Waals surface area (Å²) in [7, 11) is 0. The predicted molar refractivity (Wildman–Crippen MR) is 70.1 cm³/mol. The molecule has 0 atom stereocenters. The monoisotopic (exact) mass is 300 g/mol. The Labute approximate surface area is 117 Å². The molecule has 0 bridgehead atoms. The fraction of sp³-hybridized carbons (Fsp3) is 0. The van der Waals surface area contributed by atoms with E-state index in [2.05, 4.69) is 0 Å². The summed E-state index contributed by atoms with van der Waals surface area (Å²) in [5.41, 5.74) is 5.03. The topological polar surface area (TPSA) is 55.1 Å². The molecule has 1 amide bonds. The smallest absolute Gasteiger partial charge is 0.257 e. The molecule has 0 fully saturated rings. The van der Waals surface area contributed by atoms with E-state index in [1.807, 2.05) is 5.32 Å². The Balaban J connectivity index is 2.35. The van der Waals surface area contributed by atoms with E-state index in [0.717, 1.165) is 0 Å². The Bertz CT molecular complexity index is 692. The zero-order valence-electron chi connectivity index (χ0n) is 9.88. The first kappa shape index (κ1) is 14.2. The molecule has 0 aliphatic heterocycles. The first-order chi connectivity index (χ1) is 9.40. The highest BCUT2D eigenvalue weighted by atomic mass is 35.5. The summed E-state index contributed by atoms with van der Waals surface area (Å²) >= 11 is 5.83. The number of halogens is 4. The lowest BCUT2D eigenvalue weighted by Crippen LogP contribution is -2.15. The number of nitrogens with one attached hydrogen (secondary N) is 1. The number of benzene rings is 2. The molecule has 0 aromatic heterocycles. The summed E-state index contributed by atoms with van der Waals surface area (Å²) in [4.78, 5) is 11.9. The van der Waals surface area contributed by atoms with E-state index in [1.165, 1.54) is 18.2 Å². The van der Waals surface area contributed by atoms with Crippen molar-refractivity contribution in [2.45, 2.75) is 0 Å². The van der Waals surface area contributed by atoms with Crippen molar-refractivity contribution < 1.29 is 18.0 Å². The number of anilines is 2. The van der Waals surface area contributed by atoms with Gasteiger partial charge < -0.3 is 11.1 Å². The maximum atomic E-state index is 13.4. The van der Waals surface area contributed by atoms with Gasteiger partial charge in [-0.15, -0.1) is 0 Å². The Morgan fingerprint density at radius 1 is 1.20 bits per heavy atom. The molecule has 2 aromatic carbocycles. The summed E-state index contributed by atoms with van der Waals surface area (Å²) in [5.74, 6) is -4.61. The number of hydrogen-bond donors (Lipinski definition) is 2. The van der Waals surface area contributed by atoms with Gasteiger partial charge in [0.15, 0.2) is 11.6 Å². The van der Waals surface area contributed by atoms with Gasteiger partial charge in [-0.05, 0) is 12.1 Å². The van der Waals surface area contributed by atoms with Gasteiger partial charge in [-0.25, -0.2) is 13.2 Å². The van der Waals surface area contributed by atoms with Crippen LogP contribution in [0.5, 0.6) is 0 Å². The molecule has 0 aliphatic rings. The van der Waals surface area contributed by atoms with Crippen LogP contribution >= 0.6 is 11.6 Å². The van der Waals surface area contributed by atoms with Gasteiger partial charge in [-0.1, -0.05) is 17.7 Å². The summed E-state index contributed by atoms with van der Waals surface area (Å²) < 4.78 is 39.4. The summed E-state index contributed by atoms with van der Waals surface area (Å²) in [6.07, 6.45) is 0. The van der Waals surface area contributed by atoms with Gasteiger partial charge in [0.25, 0.3) is 5.91 Å². The van der Waals surface area contributed by atoms with Crippen LogP contribution < -0.4 is 11.1 Å². The van der Waals surface area contributed by atoms with Gasteiger partial charge >= 0.3 is 0 Å². The largest absolute Gasteiger partial charge is 0.398 e. The second-order valence-electron chi connectivity index (χ2n) is 3.91. The normalized spacial score (nSPS) is 10.4. The molecular formula is C13H8ClF3N2O. The molecule has 3 N–H and O–H groups in total. The third-order valence-corrected chi connectivity index (χ3v) is 2.94. The minimum atomic E-state index is -1.40. The SMILES string of the molecule is Nc1cccc(C(=O)Nc2cc(F)cc(F)c2F)c1Cl. The van der Waals surface area contributed by atoms with Gasteiger partial charge in [0, 0.05) is 12.1 Å². The summed E-state index contributed by atoms with van der Waals surface area (Å²) in [6.45, 7) is 0. The molecular weight excluding hydrogens is 293 g/mol. The first-order valence-corrected chi connectivity index (χ1v) is 5.78. The van der Waals surface area contributed by atoms with E-state index in [4.69, 9.17) is 17.3 Å². The summed E-state index contributed by atoms with van der Waals surface area (Å²) in [6, 6.07) is 5.33. The molecule has 2 rings (SSSR count). The first-order valence-electron chi connectivity index (χ1n) is 5.40. The van der Waals surface area contributed by atoms with Crippen molar-refractivity contribution in [1.29, 1.82) is 0 Å². The van der Waals surface area contributed by atoms with E-state index < -0.39 is 29.0 Å². The molecule has 0 spiro atoms. The van der Waals surface area contributed by atoms with Crippen LogP contribution in [0.25, 0.3) is 0 Å². The summed E-state index contributed by atoms with van der Waals surface area (Å²) in [5, 5.41) is 2.02. The average molecular weight is 301 g/mol. The van der Waals surface area contributed by atoms with Crippen molar-refractivity contribution >= 4 is 28.9 Å². The zero-order chi connectivity index (χ0) is 14.9. The fourth-order valence-corrected chi connectivity index (χ4v) is 1.77.